The number of hydrogen-bond donors (Lipinski definition) is 2. The fourth-order valence-corrected chi connectivity index (χ4v) is 3.29. The molecule has 2 N–H and O–H groups in total. The number of benzene rings is 2. The third-order valence-electron chi connectivity index (χ3n) is 4.47. The molecule has 1 amide bonds. The topological polar surface area (TPSA) is 87.1 Å². The molecule has 0 saturated heterocycles. The lowest BCUT2D eigenvalue weighted by atomic mass is 9.94. The third-order valence-corrected chi connectivity index (χ3v) is 4.77. The first kappa shape index (κ1) is 18.8. The summed E-state index contributed by atoms with van der Waals surface area (Å²) in [5.41, 5.74) is 1.00. The van der Waals surface area contributed by atoms with Crippen LogP contribution in [0, 0.1) is 0 Å². The molecule has 2 aromatic carbocycles. The summed E-state index contributed by atoms with van der Waals surface area (Å²) < 4.78 is 5.13. The van der Waals surface area contributed by atoms with E-state index in [4.69, 9.17) is 16.3 Å². The molecule has 0 aromatic heterocycles. The number of aliphatic hydroxyl groups excluding tert-OH is 1. The maximum absolute atomic E-state index is 12.8. The molecule has 1 heterocycles. The molecule has 1 aliphatic heterocycles. The number of carbonyl (C=O) groups is 2. The molecule has 140 valence electrons. The molecule has 3 rings (SSSR count). The van der Waals surface area contributed by atoms with E-state index in [0.717, 1.165) is 0 Å². The van der Waals surface area contributed by atoms with Gasteiger partial charge in [-0.1, -0.05) is 24.6 Å². The summed E-state index contributed by atoms with van der Waals surface area (Å²) in [5, 5.41) is 20.2. The zero-order valence-corrected chi connectivity index (χ0v) is 15.5. The summed E-state index contributed by atoms with van der Waals surface area (Å²) in [6.45, 7) is 1.66. The predicted molar refractivity (Wildman–Crippen MR) is 101 cm³/mol. The molecular formula is C20H18ClNO5. The number of ketones is 1. The number of halogens is 1. The van der Waals surface area contributed by atoms with E-state index in [2.05, 4.69) is 0 Å². The van der Waals surface area contributed by atoms with Gasteiger partial charge in [0.1, 0.15) is 11.5 Å². The molecule has 27 heavy (non-hydrogen) atoms. The van der Waals surface area contributed by atoms with E-state index in [1.54, 1.807) is 37.3 Å². The van der Waals surface area contributed by atoms with Gasteiger partial charge in [-0.25, -0.2) is 0 Å². The molecule has 0 spiro atoms. The number of hydrogen-bond acceptors (Lipinski definition) is 5. The van der Waals surface area contributed by atoms with Crippen molar-refractivity contribution in [1.82, 2.24) is 0 Å². The number of anilines is 1. The van der Waals surface area contributed by atoms with E-state index in [1.165, 1.54) is 24.1 Å². The zero-order valence-electron chi connectivity index (χ0n) is 14.8. The Balaban J connectivity index is 2.17. The average Bonchev–Trinajstić information content (AvgIpc) is 2.94. The maximum atomic E-state index is 12.8. The van der Waals surface area contributed by atoms with Gasteiger partial charge in [0.05, 0.1) is 23.7 Å². The number of aromatic hydroxyl groups is 1. The van der Waals surface area contributed by atoms with Crippen molar-refractivity contribution in [3.63, 3.8) is 0 Å². The average molecular weight is 388 g/mol. The van der Waals surface area contributed by atoms with Crippen LogP contribution in [0.3, 0.4) is 0 Å². The summed E-state index contributed by atoms with van der Waals surface area (Å²) in [6.07, 6.45) is 0.130. The largest absolute Gasteiger partial charge is 0.506 e. The smallest absolute Gasteiger partial charge is 0.294 e. The molecule has 0 radical (unpaired) electrons. The van der Waals surface area contributed by atoms with Gasteiger partial charge >= 0.3 is 0 Å². The summed E-state index contributed by atoms with van der Waals surface area (Å²) in [6, 6.07) is 10.3. The van der Waals surface area contributed by atoms with Crippen LogP contribution < -0.4 is 9.64 Å². The minimum atomic E-state index is -0.851. The molecule has 0 fully saturated rings. The van der Waals surface area contributed by atoms with Crippen LogP contribution in [0.1, 0.15) is 24.9 Å². The zero-order chi connectivity index (χ0) is 19.7. The van der Waals surface area contributed by atoms with E-state index >= 15 is 0 Å². The van der Waals surface area contributed by atoms with Crippen LogP contribution in [0.2, 0.25) is 5.02 Å². The number of Topliss-reactive ketones (excluding diaryl/α,β-unsaturated/α-hetero) is 1. The highest BCUT2D eigenvalue weighted by Crippen LogP contribution is 2.43. The first-order valence-electron chi connectivity index (χ1n) is 8.31. The molecule has 6 nitrogen and oxygen atoms in total. The molecule has 0 aliphatic carbocycles. The lowest BCUT2D eigenvalue weighted by Crippen LogP contribution is -2.31. The second-order valence-corrected chi connectivity index (χ2v) is 6.43. The van der Waals surface area contributed by atoms with Gasteiger partial charge in [-0.3, -0.25) is 14.5 Å². The number of methoxy groups -OCH3 is 1. The Hall–Kier alpha value is -2.99. The number of rotatable bonds is 5. The summed E-state index contributed by atoms with van der Waals surface area (Å²) >= 11 is 6.03. The Kier molecular flexibility index (Phi) is 5.10. The maximum Gasteiger partial charge on any atom is 0.294 e. The van der Waals surface area contributed by atoms with Crippen LogP contribution in [0.4, 0.5) is 5.69 Å². The summed E-state index contributed by atoms with van der Waals surface area (Å²) in [4.78, 5) is 26.6. The van der Waals surface area contributed by atoms with Gasteiger partial charge in [0.25, 0.3) is 5.91 Å². The summed E-state index contributed by atoms with van der Waals surface area (Å²) in [7, 11) is 1.53. The molecule has 0 bridgehead atoms. The SMILES string of the molecule is CCC(=O)C1=C(O)C(=O)N(c2ccc(OC)cc2)C1c1ccc(O)c(Cl)c1. The van der Waals surface area contributed by atoms with E-state index < -0.39 is 17.7 Å². The first-order valence-corrected chi connectivity index (χ1v) is 8.69. The third kappa shape index (κ3) is 3.24. The fraction of sp³-hybridized carbons (Fsp3) is 0.200. The predicted octanol–water partition coefficient (Wildman–Crippen LogP) is 3.93. The van der Waals surface area contributed by atoms with Crippen molar-refractivity contribution in [1.29, 1.82) is 0 Å². The van der Waals surface area contributed by atoms with Gasteiger partial charge in [-0.2, -0.15) is 0 Å². The normalized spacial score (nSPS) is 16.8. The van der Waals surface area contributed by atoms with Crippen molar-refractivity contribution in [2.75, 3.05) is 12.0 Å². The van der Waals surface area contributed by atoms with Gasteiger partial charge in [0, 0.05) is 12.1 Å². The second-order valence-electron chi connectivity index (χ2n) is 6.03. The van der Waals surface area contributed by atoms with Crippen LogP contribution >= 0.6 is 11.6 Å². The fourth-order valence-electron chi connectivity index (χ4n) is 3.10. The van der Waals surface area contributed by atoms with Crippen LogP contribution in [0.5, 0.6) is 11.5 Å². The van der Waals surface area contributed by atoms with Crippen molar-refractivity contribution in [2.45, 2.75) is 19.4 Å². The number of nitrogens with zero attached hydrogens (tertiary/aromatic N) is 1. The van der Waals surface area contributed by atoms with Gasteiger partial charge in [0.15, 0.2) is 11.5 Å². The van der Waals surface area contributed by atoms with Crippen molar-refractivity contribution in [3.8, 4) is 11.5 Å². The molecule has 7 heteroatoms. The van der Waals surface area contributed by atoms with E-state index in [-0.39, 0.29) is 28.5 Å². The minimum absolute atomic E-state index is 0.0140. The monoisotopic (exact) mass is 387 g/mol. The highest BCUT2D eigenvalue weighted by atomic mass is 35.5. The van der Waals surface area contributed by atoms with Crippen LogP contribution in [-0.4, -0.2) is 29.0 Å². The van der Waals surface area contributed by atoms with Gasteiger partial charge < -0.3 is 14.9 Å². The minimum Gasteiger partial charge on any atom is -0.506 e. The number of phenolic OH excluding ortho intramolecular Hbond substituents is 1. The second kappa shape index (κ2) is 7.32. The standard InChI is InChI=1S/C20H18ClNO5/c1-3-15(23)17-18(11-4-9-16(24)14(21)10-11)22(20(26)19(17)25)12-5-7-13(27-2)8-6-12/h4-10,18,24-25H,3H2,1-2H3. The Morgan fingerprint density at radius 3 is 2.41 bits per heavy atom. The summed E-state index contributed by atoms with van der Waals surface area (Å²) in [5.74, 6) is -1.10. The molecular weight excluding hydrogens is 370 g/mol. The molecule has 2 aromatic rings. The number of ether oxygens (including phenoxy) is 1. The number of aliphatic hydroxyl groups is 1. The molecule has 0 saturated carbocycles. The number of carbonyl (C=O) groups excluding carboxylic acids is 2. The van der Waals surface area contributed by atoms with Gasteiger partial charge in [-0.15, -0.1) is 0 Å². The Morgan fingerprint density at radius 1 is 1.19 bits per heavy atom. The Bertz CT molecular complexity index is 936. The number of amides is 1. The van der Waals surface area contributed by atoms with Crippen molar-refractivity contribution in [2.24, 2.45) is 0 Å². The lowest BCUT2D eigenvalue weighted by molar-refractivity contribution is -0.118. The van der Waals surface area contributed by atoms with Crippen molar-refractivity contribution >= 4 is 29.0 Å². The van der Waals surface area contributed by atoms with Gasteiger partial charge in [0.2, 0.25) is 0 Å². The first-order chi connectivity index (χ1) is 12.9. The van der Waals surface area contributed by atoms with Crippen LogP contribution in [0.25, 0.3) is 0 Å². The van der Waals surface area contributed by atoms with Crippen molar-refractivity contribution < 1.29 is 24.5 Å². The van der Waals surface area contributed by atoms with Crippen LogP contribution in [0.15, 0.2) is 53.8 Å². The lowest BCUT2D eigenvalue weighted by Gasteiger charge is -2.27. The molecule has 1 atom stereocenters. The molecule has 1 unspecified atom stereocenters. The Labute approximate surface area is 161 Å². The van der Waals surface area contributed by atoms with Crippen molar-refractivity contribution in [3.05, 3.63) is 64.4 Å². The quantitative estimate of drug-likeness (QED) is 0.811. The van der Waals surface area contributed by atoms with E-state index in [9.17, 15) is 19.8 Å². The Morgan fingerprint density at radius 2 is 1.85 bits per heavy atom. The van der Waals surface area contributed by atoms with E-state index in [0.29, 0.717) is 17.0 Å². The highest BCUT2D eigenvalue weighted by Gasteiger charge is 2.43. The van der Waals surface area contributed by atoms with Crippen LogP contribution in [-0.2, 0) is 9.59 Å². The van der Waals surface area contributed by atoms with Gasteiger partial charge in [-0.05, 0) is 42.0 Å². The van der Waals surface area contributed by atoms with E-state index in [1.807, 2.05) is 0 Å². The highest BCUT2D eigenvalue weighted by molar-refractivity contribution is 6.32. The molecule has 1 aliphatic rings. The number of phenols is 1.